The Morgan fingerprint density at radius 1 is 0.478 bits per heavy atom. The van der Waals surface area contributed by atoms with Gasteiger partial charge in [0.15, 0.2) is 11.4 Å². The summed E-state index contributed by atoms with van der Waals surface area (Å²) in [6.07, 6.45) is 0. The standard InChI is InChI=1S/C38H12N8/c1-43-27-12-26(13-28(16-27)44-2)24-6-8-30-32(15-24)36(34(20-42)46-4)37-29-7-5-23(25-10-21(17-39)9-22(11-25)18-40)14-31(29)35(38(30)37)33(19-41)45-3/h5-16H/b35-33-,36-34+. The van der Waals surface area contributed by atoms with E-state index in [1.54, 1.807) is 60.7 Å². The molecule has 0 saturated heterocycles. The fourth-order valence-corrected chi connectivity index (χ4v) is 5.94. The Morgan fingerprint density at radius 2 is 0.913 bits per heavy atom. The molecule has 2 aliphatic rings. The fourth-order valence-electron chi connectivity index (χ4n) is 5.94. The highest BCUT2D eigenvalue weighted by Crippen LogP contribution is 2.60. The van der Waals surface area contributed by atoms with E-state index in [1.165, 1.54) is 12.1 Å². The summed E-state index contributed by atoms with van der Waals surface area (Å²) in [4.78, 5) is 14.1. The van der Waals surface area contributed by atoms with Gasteiger partial charge < -0.3 is 0 Å². The Kier molecular flexibility index (Phi) is 6.74. The van der Waals surface area contributed by atoms with Crippen LogP contribution in [-0.2, 0) is 0 Å². The van der Waals surface area contributed by atoms with Gasteiger partial charge in [-0.2, -0.15) is 10.5 Å². The van der Waals surface area contributed by atoms with Crippen molar-refractivity contribution in [3.05, 3.63) is 163 Å². The molecule has 6 rings (SSSR count). The molecule has 0 unspecified atom stereocenters. The van der Waals surface area contributed by atoms with Crippen LogP contribution in [0.4, 0.5) is 11.4 Å². The van der Waals surface area contributed by atoms with E-state index in [1.807, 2.05) is 12.1 Å². The number of benzene rings is 4. The smallest absolute Gasteiger partial charge is 0.239 e. The Morgan fingerprint density at radius 3 is 1.28 bits per heavy atom. The second-order valence-electron chi connectivity index (χ2n) is 10.1. The summed E-state index contributed by atoms with van der Waals surface area (Å²) in [6, 6.07) is 28.6. The summed E-state index contributed by atoms with van der Waals surface area (Å²) in [6.45, 7) is 30.6. The second-order valence-corrected chi connectivity index (χ2v) is 10.1. The van der Waals surface area contributed by atoms with Crippen LogP contribution in [0.15, 0.2) is 84.2 Å². The topological polar surface area (TPSA) is 113 Å². The number of allylic oxidation sites excluding steroid dienone is 6. The number of hydrogen-bond acceptors (Lipinski definition) is 4. The normalized spacial score (nSPS) is 13.9. The van der Waals surface area contributed by atoms with Gasteiger partial charge in [0.2, 0.25) is 0 Å². The van der Waals surface area contributed by atoms with E-state index in [0.29, 0.717) is 89.3 Å². The van der Waals surface area contributed by atoms with E-state index in [-0.39, 0.29) is 11.4 Å². The average Bonchev–Trinajstić information content (AvgIpc) is 3.61. The van der Waals surface area contributed by atoms with Crippen LogP contribution in [0.1, 0.15) is 33.4 Å². The van der Waals surface area contributed by atoms with Gasteiger partial charge in [-0.15, -0.1) is 0 Å². The highest BCUT2D eigenvalue weighted by molar-refractivity contribution is 6.37. The first-order valence-corrected chi connectivity index (χ1v) is 13.4. The number of fused-ring (bicyclic) bond motifs is 4. The summed E-state index contributed by atoms with van der Waals surface area (Å²) in [5, 5.41) is 39.2. The van der Waals surface area contributed by atoms with Crippen molar-refractivity contribution >= 4 is 33.7 Å². The first-order valence-electron chi connectivity index (χ1n) is 13.4. The zero-order valence-corrected chi connectivity index (χ0v) is 23.5. The molecule has 0 aromatic heterocycles. The lowest BCUT2D eigenvalue weighted by molar-refractivity contribution is 1.44. The minimum absolute atomic E-state index is 0.168. The maximum atomic E-state index is 10.1. The van der Waals surface area contributed by atoms with Crippen LogP contribution >= 0.6 is 0 Å². The molecule has 0 fully saturated rings. The number of rotatable bonds is 2. The Balaban J connectivity index is 1.64. The van der Waals surface area contributed by atoms with Gasteiger partial charge in [-0.3, -0.25) is 0 Å². The Bertz CT molecular complexity index is 2280. The van der Waals surface area contributed by atoms with E-state index in [0.717, 1.165) is 0 Å². The summed E-state index contributed by atoms with van der Waals surface area (Å²) in [5.74, 6) is 0. The highest BCUT2D eigenvalue weighted by Gasteiger charge is 2.39. The van der Waals surface area contributed by atoms with Crippen molar-refractivity contribution in [1.29, 1.82) is 21.0 Å². The van der Waals surface area contributed by atoms with E-state index >= 15 is 0 Å². The first-order chi connectivity index (χ1) is 22.4. The SMILES string of the molecule is [C-]#[N+]/C(C#N)=C1C2=C(/C(=C(\C#N)[N+]#[C-])c3cc(-c4cc([N+]#[C-])cc([N+]#[C-])c4)ccc32)c2ccc(-c3cc(C#N)cc(C#N)c3)cc2\1. The zero-order valence-electron chi connectivity index (χ0n) is 23.5. The van der Waals surface area contributed by atoms with Gasteiger partial charge in [0, 0.05) is 11.1 Å². The van der Waals surface area contributed by atoms with Crippen LogP contribution in [0.25, 0.3) is 63.9 Å². The lowest BCUT2D eigenvalue weighted by Crippen LogP contribution is -1.96. The van der Waals surface area contributed by atoms with Crippen molar-refractivity contribution in [2.24, 2.45) is 0 Å². The van der Waals surface area contributed by atoms with E-state index in [4.69, 9.17) is 26.3 Å². The quantitative estimate of drug-likeness (QED) is 0.174. The highest BCUT2D eigenvalue weighted by atomic mass is 14.7. The molecule has 0 spiro atoms. The van der Waals surface area contributed by atoms with Crippen LogP contribution in [0.2, 0.25) is 0 Å². The van der Waals surface area contributed by atoms with Crippen molar-refractivity contribution in [2.75, 3.05) is 0 Å². The molecule has 0 radical (unpaired) electrons. The Labute approximate surface area is 264 Å². The van der Waals surface area contributed by atoms with E-state index < -0.39 is 0 Å². The molecule has 0 bridgehead atoms. The molecule has 4 aromatic rings. The van der Waals surface area contributed by atoms with Gasteiger partial charge in [-0.1, -0.05) is 42.5 Å². The molecule has 0 amide bonds. The largest absolute Gasteiger partial charge is 0.270 e. The molecule has 0 saturated carbocycles. The maximum absolute atomic E-state index is 10.1. The zero-order chi connectivity index (χ0) is 32.5. The van der Waals surface area contributed by atoms with Gasteiger partial charge in [-0.05, 0) is 86.0 Å². The number of nitriles is 4. The van der Waals surface area contributed by atoms with E-state index in [2.05, 4.69) is 31.5 Å². The molecule has 0 atom stereocenters. The first kappa shape index (κ1) is 28.2. The van der Waals surface area contributed by atoms with Gasteiger partial charge >= 0.3 is 0 Å². The lowest BCUT2D eigenvalue weighted by Gasteiger charge is -2.15. The molecule has 8 nitrogen and oxygen atoms in total. The maximum Gasteiger partial charge on any atom is 0.270 e. The van der Waals surface area contributed by atoms with Gasteiger partial charge in [0.1, 0.15) is 0 Å². The van der Waals surface area contributed by atoms with Crippen molar-refractivity contribution in [1.82, 2.24) is 0 Å². The van der Waals surface area contributed by atoms with Crippen molar-refractivity contribution in [3.8, 4) is 46.5 Å². The number of nitrogens with zero attached hydrogens (tertiary/aromatic N) is 8. The summed E-state index contributed by atoms with van der Waals surface area (Å²) < 4.78 is 0. The monoisotopic (exact) mass is 580 g/mol. The predicted molar refractivity (Wildman–Crippen MR) is 171 cm³/mol. The number of hydrogen-bond donors (Lipinski definition) is 0. The van der Waals surface area contributed by atoms with E-state index in [9.17, 15) is 21.0 Å². The molecule has 2 aliphatic carbocycles. The third-order valence-electron chi connectivity index (χ3n) is 7.79. The predicted octanol–water partition coefficient (Wildman–Crippen LogP) is 9.11. The minimum Gasteiger partial charge on any atom is -0.239 e. The Hall–Kier alpha value is -7.98. The second kappa shape index (κ2) is 11.0. The van der Waals surface area contributed by atoms with Crippen LogP contribution < -0.4 is 0 Å². The molecule has 46 heavy (non-hydrogen) atoms. The van der Waals surface area contributed by atoms with Crippen molar-refractivity contribution < 1.29 is 0 Å². The van der Waals surface area contributed by atoms with Crippen LogP contribution in [0, 0.1) is 71.6 Å². The third kappa shape index (κ3) is 4.24. The lowest BCUT2D eigenvalue weighted by atomic mass is 9.88. The van der Waals surface area contributed by atoms with Crippen LogP contribution in [0.5, 0.6) is 0 Å². The van der Waals surface area contributed by atoms with Crippen LogP contribution in [0.3, 0.4) is 0 Å². The molecule has 0 N–H and O–H groups in total. The fraction of sp³-hybridized carbons (Fsp3) is 0. The molecular weight excluding hydrogens is 568 g/mol. The average molecular weight is 581 g/mol. The summed E-state index contributed by atoms with van der Waals surface area (Å²) >= 11 is 0. The van der Waals surface area contributed by atoms with Crippen molar-refractivity contribution in [2.45, 2.75) is 0 Å². The molecule has 4 aromatic carbocycles. The molecule has 204 valence electrons. The molecule has 0 heterocycles. The molecule has 0 aliphatic heterocycles. The molecule has 8 heteroatoms. The van der Waals surface area contributed by atoms with Gasteiger partial charge in [0.25, 0.3) is 11.4 Å². The van der Waals surface area contributed by atoms with Gasteiger partial charge in [-0.25, -0.2) is 29.9 Å². The summed E-state index contributed by atoms with van der Waals surface area (Å²) in [7, 11) is 0. The third-order valence-corrected chi connectivity index (χ3v) is 7.79. The summed E-state index contributed by atoms with van der Waals surface area (Å²) in [5.41, 5.74) is 7.57. The molecular formula is C38H12N8. The van der Waals surface area contributed by atoms with Gasteiger partial charge in [0.05, 0.1) is 61.7 Å². The minimum atomic E-state index is -0.170. The van der Waals surface area contributed by atoms with Crippen molar-refractivity contribution in [3.63, 3.8) is 0 Å². The van der Waals surface area contributed by atoms with Crippen LogP contribution in [-0.4, -0.2) is 0 Å².